The average Bonchev–Trinajstić information content (AvgIpc) is 1.69. The lowest BCUT2D eigenvalue weighted by Crippen LogP contribution is -2.13. The molecule has 0 spiro atoms. The van der Waals surface area contributed by atoms with Gasteiger partial charge >= 0.3 is 0 Å². The van der Waals surface area contributed by atoms with Crippen LogP contribution in [0, 0.1) is 0 Å². The van der Waals surface area contributed by atoms with Crippen molar-refractivity contribution in [3.63, 3.8) is 0 Å². The summed E-state index contributed by atoms with van der Waals surface area (Å²) in [5, 5.41) is 3.10. The molecule has 0 aliphatic carbocycles. The van der Waals surface area contributed by atoms with Crippen LogP contribution in [0.2, 0.25) is 6.32 Å². The molecule has 0 saturated heterocycles. The Hall–Kier alpha value is 0.155. The van der Waals surface area contributed by atoms with Crippen LogP contribution in [-0.2, 0) is 0 Å². The van der Waals surface area contributed by atoms with Crippen LogP contribution in [0.1, 0.15) is 0 Å². The van der Waals surface area contributed by atoms with Gasteiger partial charge in [0.15, 0.2) is 0 Å². The molecule has 0 aromatic heterocycles. The van der Waals surface area contributed by atoms with Crippen LogP contribution in [0.4, 0.5) is 0 Å². The van der Waals surface area contributed by atoms with Crippen LogP contribution in [0.15, 0.2) is 0 Å². The predicted octanol–water partition coefficient (Wildman–Crippen LogP) is -2.04. The lowest BCUT2D eigenvalue weighted by molar-refractivity contribution is 0.861. The van der Waals surface area contributed by atoms with E-state index in [1.807, 2.05) is 7.05 Å². The lowest BCUT2D eigenvalue weighted by Gasteiger charge is -1.90. The molecule has 0 rings (SSSR count). The van der Waals surface area contributed by atoms with Gasteiger partial charge in [0.2, 0.25) is 0 Å². The van der Waals surface area contributed by atoms with Crippen LogP contribution in [-0.4, -0.2) is 35.6 Å². The topological polar surface area (TPSA) is 12.0 Å². The molecule has 7 heavy (non-hydrogen) atoms. The first-order chi connectivity index (χ1) is 3.41. The van der Waals surface area contributed by atoms with Gasteiger partial charge in [-0.05, 0) is 13.6 Å². The number of hydrogen-bond acceptors (Lipinski definition) is 1. The van der Waals surface area contributed by atoms with Crippen LogP contribution in [0.5, 0.6) is 0 Å². The Morgan fingerprint density at radius 3 is 2.86 bits per heavy atom. The van der Waals surface area contributed by atoms with E-state index < -0.39 is 0 Å². The van der Waals surface area contributed by atoms with Crippen molar-refractivity contribution in [3.05, 3.63) is 0 Å². The zero-order valence-electron chi connectivity index (χ0n) is 5.33. The van der Waals surface area contributed by atoms with Gasteiger partial charge in [-0.3, -0.25) is 0 Å². The maximum absolute atomic E-state index is 3.10. The Kier molecular flexibility index (Phi) is 6.29. The van der Waals surface area contributed by atoms with E-state index in [0.29, 0.717) is 0 Å². The van der Waals surface area contributed by atoms with Gasteiger partial charge in [-0.15, -0.1) is 0 Å². The maximum Gasteiger partial charge on any atom is 0.0796 e. The molecule has 38 valence electrons. The second-order valence-electron chi connectivity index (χ2n) is 1.81. The molecule has 0 aliphatic heterocycles. The smallest absolute Gasteiger partial charge is 0.0796 e. The summed E-state index contributed by atoms with van der Waals surface area (Å²) in [5.74, 6) is 0. The third-order valence-corrected chi connectivity index (χ3v) is 1.03. The van der Waals surface area contributed by atoms with E-state index in [9.17, 15) is 0 Å². The van der Waals surface area contributed by atoms with Crippen molar-refractivity contribution in [2.75, 3.05) is 13.6 Å². The molecule has 0 heterocycles. The Bertz CT molecular complexity index is 29.4. The molecule has 0 saturated carbocycles. The molecule has 0 bridgehead atoms. The molecular weight excluding hydrogens is 82.5 g/mol. The van der Waals surface area contributed by atoms with Gasteiger partial charge in [-0.1, -0.05) is 6.32 Å². The third kappa shape index (κ3) is 6.15. The van der Waals surface area contributed by atoms with Crippen LogP contribution < -0.4 is 5.32 Å². The van der Waals surface area contributed by atoms with E-state index in [4.69, 9.17) is 0 Å². The molecule has 1 N–H and O–H groups in total. The van der Waals surface area contributed by atoms with E-state index in [1.165, 1.54) is 27.1 Å². The Morgan fingerprint density at radius 2 is 2.43 bits per heavy atom. The van der Waals surface area contributed by atoms with E-state index in [1.54, 1.807) is 0 Å². The summed E-state index contributed by atoms with van der Waals surface area (Å²) >= 11 is 0. The van der Waals surface area contributed by atoms with E-state index in [0.717, 1.165) is 0 Å². The molecule has 0 aliphatic rings. The summed E-state index contributed by atoms with van der Waals surface area (Å²) in [6, 6.07) is 0. The molecule has 4 heteroatoms. The number of nitrogens with one attached hydrogen (secondary N) is 1. The molecule has 0 aromatic rings. The Morgan fingerprint density at radius 1 is 1.71 bits per heavy atom. The van der Waals surface area contributed by atoms with Gasteiger partial charge in [0.25, 0.3) is 0 Å². The van der Waals surface area contributed by atoms with Gasteiger partial charge in [0.05, 0.1) is 22.0 Å². The number of rotatable bonds is 4. The van der Waals surface area contributed by atoms with Crippen LogP contribution in [0.25, 0.3) is 0 Å². The Balaban J connectivity index is 2.45. The SMILES string of the molecule is BBBCCNC. The second kappa shape index (κ2) is 6.15. The minimum Gasteiger partial charge on any atom is -0.320 e. The summed E-state index contributed by atoms with van der Waals surface area (Å²) in [6.07, 6.45) is 1.33. The first-order valence-electron chi connectivity index (χ1n) is 3.06. The summed E-state index contributed by atoms with van der Waals surface area (Å²) in [5.41, 5.74) is 0. The van der Waals surface area contributed by atoms with Gasteiger partial charge < -0.3 is 5.32 Å². The van der Waals surface area contributed by atoms with Crippen molar-refractivity contribution in [3.8, 4) is 0 Å². The first-order valence-corrected chi connectivity index (χ1v) is 3.06. The zero-order valence-corrected chi connectivity index (χ0v) is 5.33. The molecule has 0 amide bonds. The van der Waals surface area contributed by atoms with Gasteiger partial charge in [-0.25, -0.2) is 0 Å². The quantitative estimate of drug-likeness (QED) is 0.313. The van der Waals surface area contributed by atoms with Crippen molar-refractivity contribution in [1.29, 1.82) is 0 Å². The second-order valence-corrected chi connectivity index (χ2v) is 1.81. The maximum atomic E-state index is 3.10. The largest absolute Gasteiger partial charge is 0.320 e. The lowest BCUT2D eigenvalue weighted by atomic mass is 9.27. The van der Waals surface area contributed by atoms with Gasteiger partial charge in [-0.2, -0.15) is 0 Å². The fourth-order valence-electron chi connectivity index (χ4n) is 0.552. The molecule has 0 unspecified atom stereocenters. The molecule has 0 fully saturated rings. The van der Waals surface area contributed by atoms with Crippen molar-refractivity contribution in [2.24, 2.45) is 0 Å². The highest BCUT2D eigenvalue weighted by atomic mass is 14.8. The minimum atomic E-state index is 1.17. The summed E-state index contributed by atoms with van der Waals surface area (Å²) in [6.45, 7) is 1.17. The highest BCUT2D eigenvalue weighted by molar-refractivity contribution is 7.23. The molecule has 0 radical (unpaired) electrons. The van der Waals surface area contributed by atoms with Crippen molar-refractivity contribution in [1.82, 2.24) is 5.32 Å². The fraction of sp³-hybridized carbons (Fsp3) is 1.00. The molecule has 0 atom stereocenters. The standard InChI is InChI=1S/C3H12B3N/c1-7-3-2-5-6-4/h5-7H,2-4H2,1H3. The molecule has 0 aromatic carbocycles. The van der Waals surface area contributed by atoms with Crippen LogP contribution >= 0.6 is 0 Å². The monoisotopic (exact) mass is 95.1 g/mol. The molecule has 1 nitrogen and oxygen atoms in total. The predicted molar refractivity (Wildman–Crippen MR) is 41.6 cm³/mol. The van der Waals surface area contributed by atoms with E-state index >= 15 is 0 Å². The van der Waals surface area contributed by atoms with Gasteiger partial charge in [0.1, 0.15) is 0 Å². The zero-order chi connectivity index (χ0) is 5.54. The summed E-state index contributed by atoms with van der Waals surface area (Å²) in [7, 11) is 6.90. The van der Waals surface area contributed by atoms with E-state index in [-0.39, 0.29) is 0 Å². The van der Waals surface area contributed by atoms with E-state index in [2.05, 4.69) is 13.1 Å². The van der Waals surface area contributed by atoms with Crippen molar-refractivity contribution < 1.29 is 0 Å². The summed E-state index contributed by atoms with van der Waals surface area (Å²) in [4.78, 5) is 0. The summed E-state index contributed by atoms with van der Waals surface area (Å²) < 4.78 is 0. The van der Waals surface area contributed by atoms with Crippen LogP contribution in [0.3, 0.4) is 0 Å². The minimum absolute atomic E-state index is 1.17. The highest BCUT2D eigenvalue weighted by Crippen LogP contribution is 1.67. The highest BCUT2D eigenvalue weighted by Gasteiger charge is 1.83. The fourth-order valence-corrected chi connectivity index (χ4v) is 0.552. The first kappa shape index (κ1) is 7.15. The van der Waals surface area contributed by atoms with Crippen molar-refractivity contribution >= 4 is 22.0 Å². The van der Waals surface area contributed by atoms with Crippen molar-refractivity contribution in [2.45, 2.75) is 6.32 Å². The Labute approximate surface area is 48.1 Å². The normalized spacial score (nSPS) is 8.14. The number of hydrogen-bond donors (Lipinski definition) is 1. The molecular formula is C3H12B3N. The van der Waals surface area contributed by atoms with Gasteiger partial charge in [0, 0.05) is 0 Å². The average molecular weight is 94.6 g/mol. The third-order valence-electron chi connectivity index (χ3n) is 1.03.